The number of alkyl halides is 1. The number of hydrogen-bond donors (Lipinski definition) is 0. The van der Waals surface area contributed by atoms with Crippen molar-refractivity contribution in [3.63, 3.8) is 0 Å². The summed E-state index contributed by atoms with van der Waals surface area (Å²) in [5.74, 6) is 0. The van der Waals surface area contributed by atoms with E-state index in [4.69, 9.17) is 0 Å². The van der Waals surface area contributed by atoms with Gasteiger partial charge in [0.25, 0.3) is 0 Å². The Hall–Kier alpha value is 0.440. The van der Waals surface area contributed by atoms with E-state index in [-0.39, 0.29) is 0 Å². The fourth-order valence-electron chi connectivity index (χ4n) is 2.08. The summed E-state index contributed by atoms with van der Waals surface area (Å²) in [4.78, 5) is 3.28. The number of rotatable bonds is 2. The van der Waals surface area contributed by atoms with Gasteiger partial charge >= 0.3 is 0 Å². The lowest BCUT2D eigenvalue weighted by Crippen LogP contribution is -2.47. The second-order valence-electron chi connectivity index (χ2n) is 4.36. The van der Waals surface area contributed by atoms with Gasteiger partial charge < -0.3 is 0 Å². The van der Waals surface area contributed by atoms with Gasteiger partial charge in [0.1, 0.15) is 0 Å². The van der Waals surface area contributed by atoms with Gasteiger partial charge in [0.15, 0.2) is 0 Å². The summed E-state index contributed by atoms with van der Waals surface area (Å²) in [5.41, 5.74) is 0.343. The van der Waals surface area contributed by atoms with Gasteiger partial charge in [-0.2, -0.15) is 0 Å². The van der Waals surface area contributed by atoms with Crippen LogP contribution in [0.1, 0.15) is 40.5 Å². The zero-order chi connectivity index (χ0) is 9.35. The van der Waals surface area contributed by atoms with Gasteiger partial charge in [-0.05, 0) is 33.6 Å². The van der Waals surface area contributed by atoms with Gasteiger partial charge in [-0.25, -0.2) is 0 Å². The molecular weight excluding hydrogens is 214 g/mol. The molecule has 12 heavy (non-hydrogen) atoms. The van der Waals surface area contributed by atoms with Crippen molar-refractivity contribution >= 4 is 15.9 Å². The van der Waals surface area contributed by atoms with E-state index in [1.807, 2.05) is 0 Å². The molecule has 1 aliphatic heterocycles. The second kappa shape index (κ2) is 3.67. The minimum atomic E-state index is 0.343. The third-order valence-electron chi connectivity index (χ3n) is 3.25. The van der Waals surface area contributed by atoms with Crippen molar-refractivity contribution in [1.29, 1.82) is 0 Å². The van der Waals surface area contributed by atoms with E-state index in [0.717, 1.165) is 6.04 Å². The molecule has 1 heterocycles. The van der Waals surface area contributed by atoms with Crippen LogP contribution in [-0.4, -0.2) is 27.9 Å². The molecule has 72 valence electrons. The Bertz CT molecular complexity index is 156. The van der Waals surface area contributed by atoms with Crippen LogP contribution in [0.2, 0.25) is 0 Å². The molecule has 0 spiro atoms. The van der Waals surface area contributed by atoms with E-state index in [9.17, 15) is 0 Å². The zero-order valence-electron chi connectivity index (χ0n) is 8.60. The van der Waals surface area contributed by atoms with Gasteiger partial charge in [-0.3, -0.25) is 4.90 Å². The second-order valence-corrected chi connectivity index (χ2v) is 5.47. The first-order chi connectivity index (χ1) is 5.50. The van der Waals surface area contributed by atoms with E-state index < -0.39 is 0 Å². The average molecular weight is 234 g/mol. The van der Waals surface area contributed by atoms with E-state index >= 15 is 0 Å². The monoisotopic (exact) mass is 233 g/mol. The smallest absolute Gasteiger partial charge is 0.0337 e. The van der Waals surface area contributed by atoms with E-state index in [1.54, 1.807) is 0 Å². The molecule has 0 radical (unpaired) electrons. The fourth-order valence-corrected chi connectivity index (χ4v) is 2.55. The molecule has 0 aliphatic carbocycles. The molecule has 0 aromatic rings. The fraction of sp³-hybridized carbons (Fsp3) is 1.00. The summed E-state index contributed by atoms with van der Waals surface area (Å²) < 4.78 is 0. The molecule has 0 saturated carbocycles. The molecule has 1 rings (SSSR count). The SMILES string of the molecule is CCC(C)N1CCC(Br)C1(C)C. The van der Waals surface area contributed by atoms with Crippen LogP contribution in [0.3, 0.4) is 0 Å². The lowest BCUT2D eigenvalue weighted by molar-refractivity contribution is 0.126. The standard InChI is InChI=1S/C10H20BrN/c1-5-8(2)12-7-6-9(11)10(12,3)4/h8-9H,5-7H2,1-4H3. The van der Waals surface area contributed by atoms with Crippen molar-refractivity contribution in [1.82, 2.24) is 4.90 Å². The summed E-state index contributed by atoms with van der Waals surface area (Å²) in [5, 5.41) is 0. The highest BCUT2D eigenvalue weighted by Crippen LogP contribution is 2.36. The van der Waals surface area contributed by atoms with E-state index in [1.165, 1.54) is 19.4 Å². The molecular formula is C10H20BrN. The van der Waals surface area contributed by atoms with E-state index in [0.29, 0.717) is 10.4 Å². The van der Waals surface area contributed by atoms with Gasteiger partial charge in [0.05, 0.1) is 0 Å². The maximum absolute atomic E-state index is 3.76. The number of hydrogen-bond acceptors (Lipinski definition) is 1. The van der Waals surface area contributed by atoms with Crippen molar-refractivity contribution in [3.8, 4) is 0 Å². The number of nitrogens with zero attached hydrogens (tertiary/aromatic N) is 1. The summed E-state index contributed by atoms with van der Waals surface area (Å²) in [6, 6.07) is 0.725. The maximum atomic E-state index is 3.76. The maximum Gasteiger partial charge on any atom is 0.0337 e. The van der Waals surface area contributed by atoms with Gasteiger partial charge in [0.2, 0.25) is 0 Å². The highest BCUT2D eigenvalue weighted by Gasteiger charge is 2.41. The molecule has 2 heteroatoms. The third-order valence-corrected chi connectivity index (χ3v) is 4.83. The normalized spacial score (nSPS) is 32.2. The van der Waals surface area contributed by atoms with Crippen LogP contribution in [0.5, 0.6) is 0 Å². The lowest BCUT2D eigenvalue weighted by atomic mass is 10.00. The summed E-state index contributed by atoms with van der Waals surface area (Å²) in [6.07, 6.45) is 2.54. The van der Waals surface area contributed by atoms with Crippen molar-refractivity contribution < 1.29 is 0 Å². The van der Waals surface area contributed by atoms with E-state index in [2.05, 4.69) is 48.5 Å². The zero-order valence-corrected chi connectivity index (χ0v) is 10.2. The molecule has 1 nitrogen and oxygen atoms in total. The molecule has 0 aromatic carbocycles. The largest absolute Gasteiger partial charge is 0.294 e. The van der Waals surface area contributed by atoms with Crippen molar-refractivity contribution in [2.24, 2.45) is 0 Å². The number of halogens is 1. The highest BCUT2D eigenvalue weighted by atomic mass is 79.9. The molecule has 1 aliphatic rings. The lowest BCUT2D eigenvalue weighted by Gasteiger charge is -2.38. The Morgan fingerprint density at radius 1 is 1.58 bits per heavy atom. The Morgan fingerprint density at radius 3 is 2.50 bits per heavy atom. The minimum absolute atomic E-state index is 0.343. The summed E-state index contributed by atoms with van der Waals surface area (Å²) >= 11 is 3.76. The van der Waals surface area contributed by atoms with Crippen LogP contribution in [-0.2, 0) is 0 Å². The Labute approximate surface area is 84.6 Å². The first-order valence-corrected chi connectivity index (χ1v) is 5.82. The highest BCUT2D eigenvalue weighted by molar-refractivity contribution is 9.09. The van der Waals surface area contributed by atoms with Crippen molar-refractivity contribution in [2.45, 2.75) is 56.9 Å². The molecule has 0 bridgehead atoms. The van der Waals surface area contributed by atoms with Crippen molar-refractivity contribution in [3.05, 3.63) is 0 Å². The Morgan fingerprint density at radius 2 is 2.17 bits per heavy atom. The Balaban J connectivity index is 2.67. The summed E-state index contributed by atoms with van der Waals surface area (Å²) in [6.45, 7) is 10.5. The van der Waals surface area contributed by atoms with Gasteiger partial charge in [0, 0.05) is 23.0 Å². The first kappa shape index (κ1) is 10.5. The van der Waals surface area contributed by atoms with Crippen LogP contribution >= 0.6 is 15.9 Å². The van der Waals surface area contributed by atoms with Crippen LogP contribution < -0.4 is 0 Å². The molecule has 1 saturated heterocycles. The van der Waals surface area contributed by atoms with Crippen LogP contribution in [0.25, 0.3) is 0 Å². The topological polar surface area (TPSA) is 3.24 Å². The van der Waals surface area contributed by atoms with Crippen LogP contribution in [0, 0.1) is 0 Å². The predicted octanol–water partition coefficient (Wildman–Crippen LogP) is 3.03. The molecule has 2 unspecified atom stereocenters. The predicted molar refractivity (Wildman–Crippen MR) is 57.9 cm³/mol. The molecule has 1 fully saturated rings. The summed E-state index contributed by atoms with van der Waals surface area (Å²) in [7, 11) is 0. The van der Waals surface area contributed by atoms with Crippen molar-refractivity contribution in [2.75, 3.05) is 6.54 Å². The first-order valence-electron chi connectivity index (χ1n) is 4.91. The van der Waals surface area contributed by atoms with Crippen LogP contribution in [0.15, 0.2) is 0 Å². The van der Waals surface area contributed by atoms with Crippen LogP contribution in [0.4, 0.5) is 0 Å². The molecule has 2 atom stereocenters. The number of likely N-dealkylation sites (tertiary alicyclic amines) is 1. The third kappa shape index (κ3) is 1.69. The molecule has 0 aromatic heterocycles. The Kier molecular flexibility index (Phi) is 3.21. The average Bonchev–Trinajstić information content (AvgIpc) is 2.27. The minimum Gasteiger partial charge on any atom is -0.294 e. The quantitative estimate of drug-likeness (QED) is 0.664. The van der Waals surface area contributed by atoms with Gasteiger partial charge in [-0.1, -0.05) is 22.9 Å². The molecule has 0 amide bonds. The molecule has 0 N–H and O–H groups in total. The van der Waals surface area contributed by atoms with Gasteiger partial charge in [-0.15, -0.1) is 0 Å².